The molecule has 14 heavy (non-hydrogen) atoms. The first-order valence-electron chi connectivity index (χ1n) is 4.33. The molecule has 1 atom stereocenters. The minimum absolute atomic E-state index is 0.105. The van der Waals surface area contributed by atoms with Gasteiger partial charge >= 0.3 is 6.18 Å². The topological polar surface area (TPSA) is 50.9 Å². The Kier molecular flexibility index (Phi) is 2.82. The Morgan fingerprint density at radius 2 is 2.07 bits per heavy atom. The Morgan fingerprint density at radius 1 is 1.50 bits per heavy atom. The number of rotatable bonds is 0. The smallest absolute Gasteiger partial charge is 0.311 e. The molecular weight excluding hydrogens is 195 g/mol. The van der Waals surface area contributed by atoms with E-state index in [1.807, 2.05) is 6.92 Å². The first kappa shape index (κ1) is 11.0. The Balaban J connectivity index is 2.70. The largest absolute Gasteiger partial charge is 0.449 e. The summed E-state index contributed by atoms with van der Waals surface area (Å²) in [6.07, 6.45) is -3.73. The quantitative estimate of drug-likeness (QED) is 0.464. The number of piperidine rings is 1. The molecule has 0 bridgehead atoms. The molecule has 6 heteroatoms. The average molecular weight is 207 g/mol. The molecule has 2 N–H and O–H groups in total. The number of likely N-dealkylation sites (tertiary alicyclic amines) is 1. The lowest BCUT2D eigenvalue weighted by Crippen LogP contribution is -2.47. The standard InChI is InChI=1S/C8H12F3N3/c1-5-2-3-14(6(12)4-5)7(13)8(9,10)11/h5,12-13H,2-4H2,1H3. The van der Waals surface area contributed by atoms with E-state index in [1.54, 1.807) is 0 Å². The Bertz CT molecular complexity index is 259. The summed E-state index contributed by atoms with van der Waals surface area (Å²) >= 11 is 0. The third-order valence-corrected chi connectivity index (χ3v) is 2.25. The minimum atomic E-state index is -4.65. The van der Waals surface area contributed by atoms with E-state index in [9.17, 15) is 13.2 Å². The number of hydrogen-bond donors (Lipinski definition) is 2. The number of nitrogens with zero attached hydrogens (tertiary/aromatic N) is 1. The van der Waals surface area contributed by atoms with Crippen LogP contribution >= 0.6 is 0 Å². The molecule has 0 aromatic rings. The fourth-order valence-electron chi connectivity index (χ4n) is 1.43. The van der Waals surface area contributed by atoms with Crippen LogP contribution in [0.25, 0.3) is 0 Å². The van der Waals surface area contributed by atoms with Gasteiger partial charge in [0.2, 0.25) is 5.84 Å². The van der Waals surface area contributed by atoms with Crippen LogP contribution in [0.3, 0.4) is 0 Å². The van der Waals surface area contributed by atoms with Crippen molar-refractivity contribution in [1.29, 1.82) is 10.8 Å². The molecule has 80 valence electrons. The average Bonchev–Trinajstić information content (AvgIpc) is 2.01. The summed E-state index contributed by atoms with van der Waals surface area (Å²) in [5.41, 5.74) is 0. The zero-order valence-corrected chi connectivity index (χ0v) is 7.78. The molecule has 0 aromatic heterocycles. The van der Waals surface area contributed by atoms with Crippen LogP contribution in [-0.2, 0) is 0 Å². The molecule has 1 heterocycles. The molecule has 1 aliphatic rings. The summed E-state index contributed by atoms with van der Waals surface area (Å²) < 4.78 is 36.4. The van der Waals surface area contributed by atoms with Gasteiger partial charge in [-0.3, -0.25) is 10.8 Å². The molecule has 0 aliphatic carbocycles. The van der Waals surface area contributed by atoms with E-state index in [-0.39, 0.29) is 18.3 Å². The van der Waals surface area contributed by atoms with Crippen LogP contribution < -0.4 is 0 Å². The van der Waals surface area contributed by atoms with Gasteiger partial charge in [0.25, 0.3) is 0 Å². The summed E-state index contributed by atoms with van der Waals surface area (Å²) in [5.74, 6) is -1.29. The van der Waals surface area contributed by atoms with Gasteiger partial charge in [0.05, 0.1) is 0 Å². The molecule has 1 unspecified atom stereocenters. The van der Waals surface area contributed by atoms with E-state index >= 15 is 0 Å². The van der Waals surface area contributed by atoms with Crippen LogP contribution in [-0.4, -0.2) is 29.3 Å². The van der Waals surface area contributed by atoms with Gasteiger partial charge in [-0.25, -0.2) is 0 Å². The summed E-state index contributed by atoms with van der Waals surface area (Å²) in [7, 11) is 0. The number of nitrogens with one attached hydrogen (secondary N) is 2. The highest BCUT2D eigenvalue weighted by atomic mass is 19.4. The molecule has 1 saturated heterocycles. The van der Waals surface area contributed by atoms with Gasteiger partial charge in [0.15, 0.2) is 0 Å². The Morgan fingerprint density at radius 3 is 2.50 bits per heavy atom. The predicted molar refractivity (Wildman–Crippen MR) is 46.6 cm³/mol. The van der Waals surface area contributed by atoms with E-state index in [0.29, 0.717) is 12.8 Å². The maximum absolute atomic E-state index is 12.1. The third-order valence-electron chi connectivity index (χ3n) is 2.25. The van der Waals surface area contributed by atoms with Crippen molar-refractivity contribution in [2.75, 3.05) is 6.54 Å². The number of alkyl halides is 3. The van der Waals surface area contributed by atoms with Gasteiger partial charge in [0.1, 0.15) is 5.84 Å². The molecular formula is C8H12F3N3. The summed E-state index contributed by atoms with van der Waals surface area (Å²) in [6.45, 7) is 2.02. The van der Waals surface area contributed by atoms with Crippen LogP contribution in [0.15, 0.2) is 0 Å². The molecule has 0 radical (unpaired) electrons. The fraction of sp³-hybridized carbons (Fsp3) is 0.750. The molecule has 1 rings (SSSR count). The van der Waals surface area contributed by atoms with Gasteiger partial charge in [-0.2, -0.15) is 13.2 Å². The fourth-order valence-corrected chi connectivity index (χ4v) is 1.43. The van der Waals surface area contributed by atoms with E-state index < -0.39 is 12.0 Å². The zero-order chi connectivity index (χ0) is 10.9. The van der Waals surface area contributed by atoms with Gasteiger partial charge in [-0.15, -0.1) is 0 Å². The monoisotopic (exact) mass is 207 g/mol. The molecule has 0 saturated carbocycles. The van der Waals surface area contributed by atoms with Crippen molar-refractivity contribution >= 4 is 11.7 Å². The number of amidine groups is 2. The minimum Gasteiger partial charge on any atom is -0.311 e. The van der Waals surface area contributed by atoms with Crippen LogP contribution in [0.1, 0.15) is 19.8 Å². The van der Waals surface area contributed by atoms with Crippen LogP contribution in [0.2, 0.25) is 0 Å². The van der Waals surface area contributed by atoms with E-state index in [1.165, 1.54) is 0 Å². The van der Waals surface area contributed by atoms with E-state index in [4.69, 9.17) is 10.8 Å². The van der Waals surface area contributed by atoms with Crippen molar-refractivity contribution in [1.82, 2.24) is 4.90 Å². The lowest BCUT2D eigenvalue weighted by atomic mass is 9.98. The van der Waals surface area contributed by atoms with Gasteiger partial charge < -0.3 is 4.90 Å². The predicted octanol–water partition coefficient (Wildman–Crippen LogP) is 2.24. The van der Waals surface area contributed by atoms with Crippen molar-refractivity contribution in [3.05, 3.63) is 0 Å². The Hall–Kier alpha value is -1.07. The Labute approximate surface area is 79.9 Å². The molecule has 1 fully saturated rings. The van der Waals surface area contributed by atoms with Crippen LogP contribution in [0.4, 0.5) is 13.2 Å². The van der Waals surface area contributed by atoms with Gasteiger partial charge in [0, 0.05) is 13.0 Å². The molecule has 3 nitrogen and oxygen atoms in total. The lowest BCUT2D eigenvalue weighted by Gasteiger charge is -2.32. The summed E-state index contributed by atoms with van der Waals surface area (Å²) in [6, 6.07) is 0. The normalized spacial score (nSPS) is 23.9. The third kappa shape index (κ3) is 2.24. The maximum atomic E-state index is 12.1. The summed E-state index contributed by atoms with van der Waals surface area (Å²) in [4.78, 5) is 0.736. The highest BCUT2D eigenvalue weighted by molar-refractivity contribution is 6.01. The van der Waals surface area contributed by atoms with Crippen molar-refractivity contribution in [3.8, 4) is 0 Å². The SMILES string of the molecule is CC1CCN(C(=N)C(F)(F)F)C(=N)C1. The van der Waals surface area contributed by atoms with Crippen molar-refractivity contribution in [2.45, 2.75) is 25.9 Å². The van der Waals surface area contributed by atoms with Crippen molar-refractivity contribution in [3.63, 3.8) is 0 Å². The molecule has 0 amide bonds. The van der Waals surface area contributed by atoms with E-state index in [0.717, 1.165) is 4.90 Å². The second-order valence-corrected chi connectivity index (χ2v) is 3.54. The number of halogens is 3. The number of hydrogen-bond acceptors (Lipinski definition) is 2. The van der Waals surface area contributed by atoms with Gasteiger partial charge in [-0.05, 0) is 12.3 Å². The van der Waals surface area contributed by atoms with Gasteiger partial charge in [-0.1, -0.05) is 6.92 Å². The van der Waals surface area contributed by atoms with Crippen molar-refractivity contribution in [2.24, 2.45) is 5.92 Å². The highest BCUT2D eigenvalue weighted by Gasteiger charge is 2.40. The molecule has 0 spiro atoms. The molecule has 1 aliphatic heterocycles. The second kappa shape index (κ2) is 3.59. The highest BCUT2D eigenvalue weighted by Crippen LogP contribution is 2.24. The second-order valence-electron chi connectivity index (χ2n) is 3.54. The van der Waals surface area contributed by atoms with E-state index in [2.05, 4.69) is 0 Å². The lowest BCUT2D eigenvalue weighted by molar-refractivity contribution is -0.0675. The van der Waals surface area contributed by atoms with Crippen LogP contribution in [0, 0.1) is 16.7 Å². The first-order chi connectivity index (χ1) is 6.32. The molecule has 0 aromatic carbocycles. The zero-order valence-electron chi connectivity index (χ0n) is 7.78. The van der Waals surface area contributed by atoms with Crippen molar-refractivity contribution < 1.29 is 13.2 Å². The first-order valence-corrected chi connectivity index (χ1v) is 4.33. The summed E-state index contributed by atoms with van der Waals surface area (Å²) in [5, 5.41) is 14.3. The maximum Gasteiger partial charge on any atom is 0.449 e. The van der Waals surface area contributed by atoms with Crippen LogP contribution in [0.5, 0.6) is 0 Å².